The van der Waals surface area contributed by atoms with Gasteiger partial charge in [-0.15, -0.1) is 0 Å². The second-order valence-electron chi connectivity index (χ2n) is 2.00. The summed E-state index contributed by atoms with van der Waals surface area (Å²) >= 11 is 11.4. The Kier molecular flexibility index (Phi) is 1.47. The number of halogens is 2. The highest BCUT2D eigenvalue weighted by Crippen LogP contribution is 2.14. The van der Waals surface area contributed by atoms with E-state index >= 15 is 0 Å². The zero-order chi connectivity index (χ0) is 7.84. The first-order chi connectivity index (χ1) is 5.27. The summed E-state index contributed by atoms with van der Waals surface area (Å²) < 4.78 is 1.51. The van der Waals surface area contributed by atoms with Gasteiger partial charge in [0.05, 0.1) is 6.20 Å². The molecule has 0 aliphatic rings. The van der Waals surface area contributed by atoms with Gasteiger partial charge in [-0.25, -0.2) is 9.50 Å². The van der Waals surface area contributed by atoms with Crippen LogP contribution in [0.1, 0.15) is 1.43 Å². The molecule has 2 heterocycles. The summed E-state index contributed by atoms with van der Waals surface area (Å²) in [7, 11) is 0. The van der Waals surface area contributed by atoms with Crippen LogP contribution in [0.2, 0.25) is 10.3 Å². The highest BCUT2D eigenvalue weighted by atomic mass is 35.5. The molecule has 0 aliphatic heterocycles. The molecule has 0 aromatic carbocycles. The fourth-order valence-corrected chi connectivity index (χ4v) is 1.33. The Morgan fingerprint density at radius 3 is 3.09 bits per heavy atom. The van der Waals surface area contributed by atoms with Crippen LogP contribution in [0.25, 0.3) is 5.65 Å². The highest BCUT2D eigenvalue weighted by molar-refractivity contribution is 6.33. The Balaban J connectivity index is 0.000000720. The van der Waals surface area contributed by atoms with E-state index in [0.717, 1.165) is 0 Å². The third kappa shape index (κ3) is 1.06. The number of hydrogen-bond acceptors (Lipinski definition) is 2. The minimum absolute atomic E-state index is 0. The van der Waals surface area contributed by atoms with E-state index in [2.05, 4.69) is 10.1 Å². The maximum Gasteiger partial charge on any atom is 0.158 e. The Hall–Kier alpha value is -0.800. The maximum atomic E-state index is 5.78. The summed E-state index contributed by atoms with van der Waals surface area (Å²) in [6.07, 6.45) is 1.62. The van der Waals surface area contributed by atoms with Crippen LogP contribution in [-0.2, 0) is 0 Å². The molecular weight excluding hydrogens is 185 g/mol. The number of fused-ring (bicyclic) bond motifs is 1. The van der Waals surface area contributed by atoms with Gasteiger partial charge in [0.2, 0.25) is 0 Å². The molecule has 5 heteroatoms. The molecule has 0 bridgehead atoms. The normalized spacial score (nSPS) is 10.7. The zero-order valence-corrected chi connectivity index (χ0v) is 6.84. The van der Waals surface area contributed by atoms with Gasteiger partial charge in [-0.2, -0.15) is 5.10 Å². The monoisotopic (exact) mass is 189 g/mol. The topological polar surface area (TPSA) is 30.2 Å². The van der Waals surface area contributed by atoms with Crippen molar-refractivity contribution in [2.75, 3.05) is 0 Å². The lowest BCUT2D eigenvalue weighted by atomic mass is 10.6. The second kappa shape index (κ2) is 2.36. The fourth-order valence-electron chi connectivity index (χ4n) is 0.847. The quantitative estimate of drug-likeness (QED) is 0.596. The molecular formula is C6H5Cl2N3. The highest BCUT2D eigenvalue weighted by Gasteiger charge is 2.00. The first kappa shape index (κ1) is 6.88. The zero-order valence-electron chi connectivity index (χ0n) is 5.33. The minimum Gasteiger partial charge on any atom is -0.217 e. The van der Waals surface area contributed by atoms with Crippen LogP contribution < -0.4 is 0 Å². The van der Waals surface area contributed by atoms with Crippen molar-refractivity contribution in [1.29, 1.82) is 0 Å². The van der Waals surface area contributed by atoms with Crippen LogP contribution in [0.4, 0.5) is 0 Å². The lowest BCUT2D eigenvalue weighted by Crippen LogP contribution is -1.91. The molecule has 0 N–H and O–H groups in total. The van der Waals surface area contributed by atoms with Crippen LogP contribution in [0.5, 0.6) is 0 Å². The van der Waals surface area contributed by atoms with E-state index < -0.39 is 0 Å². The van der Waals surface area contributed by atoms with Crippen molar-refractivity contribution in [2.45, 2.75) is 0 Å². The van der Waals surface area contributed by atoms with Crippen molar-refractivity contribution < 1.29 is 1.43 Å². The molecule has 0 atom stereocenters. The molecule has 3 nitrogen and oxygen atoms in total. The van der Waals surface area contributed by atoms with Gasteiger partial charge in [-0.05, 0) is 0 Å². The maximum absolute atomic E-state index is 5.78. The van der Waals surface area contributed by atoms with E-state index in [4.69, 9.17) is 23.2 Å². The Morgan fingerprint density at radius 2 is 2.27 bits per heavy atom. The van der Waals surface area contributed by atoms with Gasteiger partial charge in [0, 0.05) is 13.6 Å². The van der Waals surface area contributed by atoms with Crippen LogP contribution in [-0.4, -0.2) is 14.6 Å². The largest absolute Gasteiger partial charge is 0.217 e. The van der Waals surface area contributed by atoms with E-state index in [1.807, 2.05) is 0 Å². The van der Waals surface area contributed by atoms with Crippen LogP contribution in [0, 0.1) is 0 Å². The van der Waals surface area contributed by atoms with Crippen molar-refractivity contribution in [3.63, 3.8) is 0 Å². The summed E-state index contributed by atoms with van der Waals surface area (Å²) in [4.78, 5) is 3.98. The lowest BCUT2D eigenvalue weighted by Gasteiger charge is -1.95. The van der Waals surface area contributed by atoms with E-state index in [1.54, 1.807) is 18.3 Å². The molecule has 2 aromatic rings. The van der Waals surface area contributed by atoms with E-state index in [-0.39, 0.29) is 1.43 Å². The van der Waals surface area contributed by atoms with Gasteiger partial charge < -0.3 is 0 Å². The van der Waals surface area contributed by atoms with Gasteiger partial charge in [0.15, 0.2) is 5.65 Å². The van der Waals surface area contributed by atoms with Gasteiger partial charge in [-0.3, -0.25) is 0 Å². The Bertz CT molecular complexity index is 401. The van der Waals surface area contributed by atoms with E-state index in [1.165, 1.54) is 4.52 Å². The van der Waals surface area contributed by atoms with Crippen molar-refractivity contribution in [1.82, 2.24) is 14.6 Å². The molecule has 11 heavy (non-hydrogen) atoms. The fraction of sp³-hybridized carbons (Fsp3) is 0. The standard InChI is InChI=1S/C6H3Cl2N3.H2/c7-4-3-5(8)11-6(10-4)1-2-9-11;/h1-3H;1H. The number of nitrogens with zero attached hydrogens (tertiary/aromatic N) is 3. The van der Waals surface area contributed by atoms with E-state index in [9.17, 15) is 0 Å². The lowest BCUT2D eigenvalue weighted by molar-refractivity contribution is 0.940. The van der Waals surface area contributed by atoms with E-state index in [0.29, 0.717) is 16.0 Å². The average molecular weight is 190 g/mol. The minimum atomic E-state index is 0. The summed E-state index contributed by atoms with van der Waals surface area (Å²) in [5.74, 6) is 0. The SMILES string of the molecule is Clc1cc(Cl)n2nccc2n1.[HH]. The van der Waals surface area contributed by atoms with Gasteiger partial charge >= 0.3 is 0 Å². The third-order valence-electron chi connectivity index (χ3n) is 1.28. The smallest absolute Gasteiger partial charge is 0.158 e. The van der Waals surface area contributed by atoms with Crippen molar-refractivity contribution in [2.24, 2.45) is 0 Å². The molecule has 0 radical (unpaired) electrons. The summed E-state index contributed by atoms with van der Waals surface area (Å²) in [6.45, 7) is 0. The first-order valence-corrected chi connectivity index (χ1v) is 3.69. The Labute approximate surface area is 74.0 Å². The van der Waals surface area contributed by atoms with Crippen LogP contribution >= 0.6 is 23.2 Å². The summed E-state index contributed by atoms with van der Waals surface area (Å²) in [6, 6.07) is 3.28. The molecule has 0 unspecified atom stereocenters. The van der Waals surface area contributed by atoms with Crippen LogP contribution in [0.15, 0.2) is 18.3 Å². The molecule has 0 saturated heterocycles. The molecule has 0 fully saturated rings. The molecule has 0 spiro atoms. The Morgan fingerprint density at radius 1 is 1.45 bits per heavy atom. The molecule has 2 rings (SSSR count). The van der Waals surface area contributed by atoms with Gasteiger partial charge in [0.1, 0.15) is 10.3 Å². The van der Waals surface area contributed by atoms with Crippen LogP contribution in [0.3, 0.4) is 0 Å². The molecule has 0 saturated carbocycles. The molecule has 2 aromatic heterocycles. The number of hydrogen-bond donors (Lipinski definition) is 0. The first-order valence-electron chi connectivity index (χ1n) is 2.93. The van der Waals surface area contributed by atoms with Crippen molar-refractivity contribution in [3.05, 3.63) is 28.6 Å². The summed E-state index contributed by atoms with van der Waals surface area (Å²) in [5, 5.41) is 4.76. The molecule has 58 valence electrons. The second-order valence-corrected chi connectivity index (χ2v) is 2.78. The number of rotatable bonds is 0. The van der Waals surface area contributed by atoms with Gasteiger partial charge in [-0.1, -0.05) is 23.2 Å². The molecule has 0 aliphatic carbocycles. The van der Waals surface area contributed by atoms with Gasteiger partial charge in [0.25, 0.3) is 0 Å². The number of aromatic nitrogens is 3. The summed E-state index contributed by atoms with van der Waals surface area (Å²) in [5.41, 5.74) is 0.655. The third-order valence-corrected chi connectivity index (χ3v) is 1.75. The predicted molar refractivity (Wildman–Crippen MR) is 45.1 cm³/mol. The average Bonchev–Trinajstić information content (AvgIpc) is 2.34. The molecule has 0 amide bonds. The van der Waals surface area contributed by atoms with Crippen molar-refractivity contribution >= 4 is 28.8 Å². The van der Waals surface area contributed by atoms with Crippen molar-refractivity contribution in [3.8, 4) is 0 Å². The predicted octanol–water partition coefficient (Wildman–Crippen LogP) is 2.28.